The third-order valence-corrected chi connectivity index (χ3v) is 7.27. The molecular weight excluding hydrogens is 390 g/mol. The minimum Gasteiger partial charge on any atom is -0.354 e. The third kappa shape index (κ3) is 3.91. The Balaban J connectivity index is 1.32. The van der Waals surface area contributed by atoms with Crippen molar-refractivity contribution in [1.29, 1.82) is 0 Å². The molecule has 0 radical (unpaired) electrons. The van der Waals surface area contributed by atoms with Crippen LogP contribution in [0.3, 0.4) is 0 Å². The maximum Gasteiger partial charge on any atom is 0.229 e. The van der Waals surface area contributed by atoms with Gasteiger partial charge in [0.05, 0.1) is 17.8 Å². The van der Waals surface area contributed by atoms with E-state index >= 15 is 0 Å². The number of nitrogens with zero attached hydrogens (tertiary/aromatic N) is 7. The standard InChI is InChI=1S/C23H35N7O/c1-17(2)27-9-4-10-28(14-13-27)23(31)18-15-29(16-18)22-19-6-11-26(3)12-7-20(19)25-21-5-8-24-30(21)22/h5,8,17-18H,4,6-7,9-16H2,1-3H3. The Kier molecular flexibility index (Phi) is 5.60. The molecule has 0 atom stereocenters. The van der Waals surface area contributed by atoms with Crippen LogP contribution >= 0.6 is 0 Å². The predicted octanol–water partition coefficient (Wildman–Crippen LogP) is 1.14. The van der Waals surface area contributed by atoms with Gasteiger partial charge in [-0.3, -0.25) is 9.69 Å². The van der Waals surface area contributed by atoms with E-state index in [1.807, 2.05) is 16.8 Å². The van der Waals surface area contributed by atoms with Crippen molar-refractivity contribution in [3.8, 4) is 0 Å². The van der Waals surface area contributed by atoms with E-state index in [1.165, 1.54) is 11.3 Å². The molecular formula is C23H35N7O. The lowest BCUT2D eigenvalue weighted by Crippen LogP contribution is -2.56. The molecule has 5 heterocycles. The number of carbonyl (C=O) groups is 1. The van der Waals surface area contributed by atoms with Crippen molar-refractivity contribution in [1.82, 2.24) is 29.3 Å². The zero-order chi connectivity index (χ0) is 21.5. The molecule has 2 aromatic heterocycles. The molecule has 2 saturated heterocycles. The summed E-state index contributed by atoms with van der Waals surface area (Å²) in [6.45, 7) is 11.9. The molecule has 31 heavy (non-hydrogen) atoms. The van der Waals surface area contributed by atoms with Crippen molar-refractivity contribution in [2.75, 3.05) is 64.3 Å². The number of likely N-dealkylation sites (N-methyl/N-ethyl adjacent to an activating group) is 1. The number of amides is 1. The average molecular weight is 426 g/mol. The number of aromatic nitrogens is 3. The van der Waals surface area contributed by atoms with E-state index in [0.29, 0.717) is 11.9 Å². The highest BCUT2D eigenvalue weighted by atomic mass is 16.2. The summed E-state index contributed by atoms with van der Waals surface area (Å²) < 4.78 is 1.98. The normalized spacial score (nSPS) is 21.8. The van der Waals surface area contributed by atoms with Crippen LogP contribution in [0.15, 0.2) is 12.3 Å². The summed E-state index contributed by atoms with van der Waals surface area (Å²) in [5.74, 6) is 1.58. The molecule has 0 aromatic carbocycles. The second-order valence-corrected chi connectivity index (χ2v) is 9.68. The van der Waals surface area contributed by atoms with Crippen LogP contribution < -0.4 is 4.90 Å². The zero-order valence-electron chi connectivity index (χ0n) is 19.1. The van der Waals surface area contributed by atoms with Gasteiger partial charge in [-0.1, -0.05) is 0 Å². The van der Waals surface area contributed by atoms with Crippen LogP contribution in [-0.2, 0) is 17.6 Å². The van der Waals surface area contributed by atoms with Gasteiger partial charge in [-0.25, -0.2) is 4.98 Å². The molecule has 3 aliphatic rings. The number of fused-ring (bicyclic) bond motifs is 2. The highest BCUT2D eigenvalue weighted by Gasteiger charge is 2.38. The van der Waals surface area contributed by atoms with E-state index in [1.54, 1.807) is 0 Å². The van der Waals surface area contributed by atoms with Gasteiger partial charge in [0.1, 0.15) is 5.82 Å². The molecule has 168 valence electrons. The Morgan fingerprint density at radius 2 is 1.87 bits per heavy atom. The Bertz CT molecular complexity index is 949. The van der Waals surface area contributed by atoms with Gasteiger partial charge < -0.3 is 14.7 Å². The Morgan fingerprint density at radius 3 is 2.68 bits per heavy atom. The summed E-state index contributed by atoms with van der Waals surface area (Å²) in [6, 6.07) is 2.53. The van der Waals surface area contributed by atoms with Crippen molar-refractivity contribution in [3.63, 3.8) is 0 Å². The van der Waals surface area contributed by atoms with E-state index < -0.39 is 0 Å². The molecule has 0 N–H and O–H groups in total. The molecule has 0 saturated carbocycles. The summed E-state index contributed by atoms with van der Waals surface area (Å²) >= 11 is 0. The third-order valence-electron chi connectivity index (χ3n) is 7.27. The van der Waals surface area contributed by atoms with Crippen LogP contribution in [0.25, 0.3) is 5.65 Å². The van der Waals surface area contributed by atoms with E-state index in [4.69, 9.17) is 4.98 Å². The molecule has 8 nitrogen and oxygen atoms in total. The molecule has 5 rings (SSSR count). The minimum absolute atomic E-state index is 0.0912. The van der Waals surface area contributed by atoms with Crippen molar-refractivity contribution < 1.29 is 4.79 Å². The summed E-state index contributed by atoms with van der Waals surface area (Å²) in [7, 11) is 2.18. The lowest BCUT2D eigenvalue weighted by atomic mass is 9.96. The van der Waals surface area contributed by atoms with Crippen LogP contribution in [0, 0.1) is 5.92 Å². The van der Waals surface area contributed by atoms with Crippen LogP contribution in [0.5, 0.6) is 0 Å². The Hall–Kier alpha value is -2.19. The summed E-state index contributed by atoms with van der Waals surface area (Å²) in [5, 5.41) is 4.57. The minimum atomic E-state index is 0.0912. The molecule has 0 spiro atoms. The van der Waals surface area contributed by atoms with Crippen LogP contribution in [0.4, 0.5) is 5.82 Å². The van der Waals surface area contributed by atoms with Crippen LogP contribution in [0.1, 0.15) is 31.5 Å². The number of anilines is 1. The first-order chi connectivity index (χ1) is 15.0. The quantitative estimate of drug-likeness (QED) is 0.735. The molecule has 1 amide bonds. The maximum atomic E-state index is 13.2. The van der Waals surface area contributed by atoms with Crippen molar-refractivity contribution in [2.24, 2.45) is 5.92 Å². The summed E-state index contributed by atoms with van der Waals surface area (Å²) in [5.41, 5.74) is 3.42. The number of hydrogen-bond donors (Lipinski definition) is 0. The molecule has 2 aromatic rings. The first kappa shape index (κ1) is 20.7. The van der Waals surface area contributed by atoms with Gasteiger partial charge in [0.15, 0.2) is 5.65 Å². The molecule has 3 aliphatic heterocycles. The molecule has 2 fully saturated rings. The first-order valence-electron chi connectivity index (χ1n) is 11.8. The van der Waals surface area contributed by atoms with Gasteiger partial charge in [-0.2, -0.15) is 9.61 Å². The van der Waals surface area contributed by atoms with Gasteiger partial charge in [0, 0.05) is 76.5 Å². The summed E-state index contributed by atoms with van der Waals surface area (Å²) in [6.07, 6.45) is 4.85. The van der Waals surface area contributed by atoms with Gasteiger partial charge in [-0.15, -0.1) is 0 Å². The number of carbonyl (C=O) groups excluding carboxylic acids is 1. The highest BCUT2D eigenvalue weighted by molar-refractivity contribution is 5.82. The fraction of sp³-hybridized carbons (Fsp3) is 0.696. The smallest absolute Gasteiger partial charge is 0.229 e. The van der Waals surface area contributed by atoms with Crippen molar-refractivity contribution in [2.45, 2.75) is 39.2 Å². The molecule has 0 bridgehead atoms. The van der Waals surface area contributed by atoms with Crippen LogP contribution in [-0.4, -0.2) is 101 Å². The maximum absolute atomic E-state index is 13.2. The fourth-order valence-electron chi connectivity index (χ4n) is 5.25. The zero-order valence-corrected chi connectivity index (χ0v) is 19.1. The fourth-order valence-corrected chi connectivity index (χ4v) is 5.25. The predicted molar refractivity (Wildman–Crippen MR) is 122 cm³/mol. The number of hydrogen-bond acceptors (Lipinski definition) is 6. The van der Waals surface area contributed by atoms with Gasteiger partial charge in [0.25, 0.3) is 0 Å². The van der Waals surface area contributed by atoms with Gasteiger partial charge in [-0.05, 0) is 33.7 Å². The monoisotopic (exact) mass is 425 g/mol. The molecule has 0 aliphatic carbocycles. The first-order valence-corrected chi connectivity index (χ1v) is 11.8. The number of rotatable bonds is 3. The van der Waals surface area contributed by atoms with E-state index in [9.17, 15) is 4.79 Å². The molecule has 0 unspecified atom stereocenters. The van der Waals surface area contributed by atoms with Gasteiger partial charge in [0.2, 0.25) is 5.91 Å². The summed E-state index contributed by atoms with van der Waals surface area (Å²) in [4.78, 5) is 27.4. The highest BCUT2D eigenvalue weighted by Crippen LogP contribution is 2.32. The van der Waals surface area contributed by atoms with Crippen molar-refractivity contribution in [3.05, 3.63) is 23.5 Å². The van der Waals surface area contributed by atoms with E-state index in [0.717, 1.165) is 83.1 Å². The topological polar surface area (TPSA) is 60.2 Å². The molecule has 8 heteroatoms. The second-order valence-electron chi connectivity index (χ2n) is 9.68. The van der Waals surface area contributed by atoms with Gasteiger partial charge >= 0.3 is 0 Å². The lowest BCUT2D eigenvalue weighted by Gasteiger charge is -2.42. The van der Waals surface area contributed by atoms with E-state index in [-0.39, 0.29) is 5.92 Å². The largest absolute Gasteiger partial charge is 0.354 e. The Morgan fingerprint density at radius 1 is 1.06 bits per heavy atom. The average Bonchev–Trinajstić information content (AvgIpc) is 2.92. The van der Waals surface area contributed by atoms with E-state index in [2.05, 4.69) is 45.6 Å². The second kappa shape index (κ2) is 8.39. The lowest BCUT2D eigenvalue weighted by molar-refractivity contribution is -0.136. The van der Waals surface area contributed by atoms with Crippen LogP contribution in [0.2, 0.25) is 0 Å². The SMILES string of the molecule is CC(C)N1CCCN(C(=O)C2CN(c3c4c(nc5ccnn35)CCN(C)CC4)C2)CC1. The Labute approximate surface area is 184 Å². The van der Waals surface area contributed by atoms with Crippen molar-refractivity contribution >= 4 is 17.4 Å².